The molecule has 2 nitrogen and oxygen atoms in total. The molecule has 0 aromatic heterocycles. The van der Waals surface area contributed by atoms with Crippen LogP contribution in [0.4, 0.5) is 0 Å². The van der Waals surface area contributed by atoms with Gasteiger partial charge in [-0.2, -0.15) is 0 Å². The highest BCUT2D eigenvalue weighted by Gasteiger charge is 2.03. The molecule has 0 fully saturated rings. The number of hydrogen-bond donors (Lipinski definition) is 1. The van der Waals surface area contributed by atoms with Gasteiger partial charge < -0.3 is 5.11 Å². The summed E-state index contributed by atoms with van der Waals surface area (Å²) in [6, 6.07) is 0. The van der Waals surface area contributed by atoms with Crippen LogP contribution in [0.25, 0.3) is 0 Å². The average Bonchev–Trinajstić information content (AvgIpc) is 1.88. The van der Waals surface area contributed by atoms with Crippen LogP contribution in [0.15, 0.2) is 0 Å². The lowest BCUT2D eigenvalue weighted by Crippen LogP contribution is -2.26. The summed E-state index contributed by atoms with van der Waals surface area (Å²) in [7, 11) is 3.80. The van der Waals surface area contributed by atoms with Gasteiger partial charge in [-0.1, -0.05) is 19.8 Å². The lowest BCUT2D eigenvalue weighted by Gasteiger charge is -2.17. The molecule has 1 N–H and O–H groups in total. The molecule has 10 heavy (non-hydrogen) atoms. The van der Waals surface area contributed by atoms with Crippen LogP contribution in [0.5, 0.6) is 0 Å². The summed E-state index contributed by atoms with van der Waals surface area (Å²) in [5.41, 5.74) is 0. The summed E-state index contributed by atoms with van der Waals surface area (Å²) >= 11 is 0. The van der Waals surface area contributed by atoms with E-state index in [1.807, 2.05) is 19.0 Å². The van der Waals surface area contributed by atoms with Crippen molar-refractivity contribution in [1.29, 1.82) is 0 Å². The van der Waals surface area contributed by atoms with Gasteiger partial charge in [0.1, 0.15) is 6.23 Å². The Morgan fingerprint density at radius 3 is 2.30 bits per heavy atom. The Bertz CT molecular complexity index is 73.7. The van der Waals surface area contributed by atoms with E-state index in [4.69, 9.17) is 0 Å². The molecule has 0 radical (unpaired) electrons. The van der Waals surface area contributed by atoms with E-state index in [-0.39, 0.29) is 6.23 Å². The first-order valence-electron chi connectivity index (χ1n) is 4.03. The van der Waals surface area contributed by atoms with Gasteiger partial charge in [0.25, 0.3) is 0 Å². The Morgan fingerprint density at radius 2 is 1.90 bits per heavy atom. The maximum absolute atomic E-state index is 9.28. The molecule has 0 aliphatic carbocycles. The molecule has 0 amide bonds. The van der Waals surface area contributed by atoms with Gasteiger partial charge in [-0.15, -0.1) is 0 Å². The zero-order valence-electron chi connectivity index (χ0n) is 7.30. The zero-order valence-corrected chi connectivity index (χ0v) is 7.30. The maximum Gasteiger partial charge on any atom is 0.106 e. The standard InChI is InChI=1S/C8H19NO/c1-4-5-6-7-8(10)9(2)3/h8,10H,4-7H2,1-3H3. The van der Waals surface area contributed by atoms with Gasteiger partial charge in [0.2, 0.25) is 0 Å². The quantitative estimate of drug-likeness (QED) is 0.467. The van der Waals surface area contributed by atoms with Crippen molar-refractivity contribution in [3.63, 3.8) is 0 Å². The molecule has 0 aromatic carbocycles. The predicted octanol–water partition coefficient (Wildman–Crippen LogP) is 1.45. The highest BCUT2D eigenvalue weighted by Crippen LogP contribution is 2.03. The Balaban J connectivity index is 3.13. The second-order valence-electron chi connectivity index (χ2n) is 2.94. The Kier molecular flexibility index (Phi) is 5.64. The largest absolute Gasteiger partial charge is 0.378 e. The van der Waals surface area contributed by atoms with E-state index in [0.717, 1.165) is 12.8 Å². The SMILES string of the molecule is CCCCCC(O)N(C)C. The van der Waals surface area contributed by atoms with Crippen molar-refractivity contribution >= 4 is 0 Å². The van der Waals surface area contributed by atoms with E-state index >= 15 is 0 Å². The maximum atomic E-state index is 9.28. The fraction of sp³-hybridized carbons (Fsp3) is 1.00. The Morgan fingerprint density at radius 1 is 1.30 bits per heavy atom. The van der Waals surface area contributed by atoms with Crippen molar-refractivity contribution in [2.75, 3.05) is 14.1 Å². The van der Waals surface area contributed by atoms with Crippen molar-refractivity contribution in [1.82, 2.24) is 4.90 Å². The first kappa shape index (κ1) is 9.92. The Hall–Kier alpha value is -0.0800. The minimum absolute atomic E-state index is 0.244. The third kappa shape index (κ3) is 4.77. The van der Waals surface area contributed by atoms with Crippen LogP contribution in [0.3, 0.4) is 0 Å². The van der Waals surface area contributed by atoms with Gasteiger partial charge in [-0.25, -0.2) is 0 Å². The summed E-state index contributed by atoms with van der Waals surface area (Å²) < 4.78 is 0. The highest BCUT2D eigenvalue weighted by molar-refractivity contribution is 4.51. The fourth-order valence-electron chi connectivity index (χ4n) is 0.835. The first-order valence-corrected chi connectivity index (χ1v) is 4.03. The molecule has 0 heterocycles. The monoisotopic (exact) mass is 145 g/mol. The van der Waals surface area contributed by atoms with Gasteiger partial charge >= 0.3 is 0 Å². The highest BCUT2D eigenvalue weighted by atomic mass is 16.3. The fourth-order valence-corrected chi connectivity index (χ4v) is 0.835. The smallest absolute Gasteiger partial charge is 0.106 e. The summed E-state index contributed by atoms with van der Waals surface area (Å²) in [6.45, 7) is 2.17. The molecule has 0 aliphatic heterocycles. The molecule has 0 aliphatic rings. The van der Waals surface area contributed by atoms with Gasteiger partial charge in [0, 0.05) is 0 Å². The van der Waals surface area contributed by atoms with E-state index < -0.39 is 0 Å². The van der Waals surface area contributed by atoms with E-state index in [2.05, 4.69) is 6.92 Å². The number of unbranched alkanes of at least 4 members (excludes halogenated alkanes) is 2. The third-order valence-corrected chi connectivity index (χ3v) is 1.66. The molecular weight excluding hydrogens is 126 g/mol. The number of hydrogen-bond acceptors (Lipinski definition) is 2. The number of aliphatic hydroxyl groups excluding tert-OH is 1. The van der Waals surface area contributed by atoms with Crippen LogP contribution >= 0.6 is 0 Å². The third-order valence-electron chi connectivity index (χ3n) is 1.66. The number of rotatable bonds is 5. The zero-order chi connectivity index (χ0) is 7.98. The van der Waals surface area contributed by atoms with Crippen LogP contribution in [-0.4, -0.2) is 30.3 Å². The molecule has 0 saturated carbocycles. The molecule has 0 bridgehead atoms. The van der Waals surface area contributed by atoms with Crippen molar-refractivity contribution in [3.05, 3.63) is 0 Å². The topological polar surface area (TPSA) is 23.5 Å². The van der Waals surface area contributed by atoms with Crippen LogP contribution < -0.4 is 0 Å². The molecule has 1 atom stereocenters. The van der Waals surface area contributed by atoms with E-state index in [1.165, 1.54) is 12.8 Å². The van der Waals surface area contributed by atoms with Crippen LogP contribution in [0, 0.1) is 0 Å². The predicted molar refractivity (Wildman–Crippen MR) is 43.8 cm³/mol. The lowest BCUT2D eigenvalue weighted by atomic mass is 10.2. The molecule has 62 valence electrons. The molecule has 0 aromatic rings. The number of nitrogens with zero attached hydrogens (tertiary/aromatic N) is 1. The van der Waals surface area contributed by atoms with Gasteiger partial charge in [0.15, 0.2) is 0 Å². The van der Waals surface area contributed by atoms with E-state index in [9.17, 15) is 5.11 Å². The minimum Gasteiger partial charge on any atom is -0.378 e. The Labute approximate surface area is 63.8 Å². The van der Waals surface area contributed by atoms with Crippen molar-refractivity contribution in [2.24, 2.45) is 0 Å². The first-order chi connectivity index (χ1) is 4.68. The van der Waals surface area contributed by atoms with Crippen LogP contribution in [-0.2, 0) is 0 Å². The summed E-state index contributed by atoms with van der Waals surface area (Å²) in [5.74, 6) is 0. The van der Waals surface area contributed by atoms with Crippen LogP contribution in [0.1, 0.15) is 32.6 Å². The second-order valence-corrected chi connectivity index (χ2v) is 2.94. The second kappa shape index (κ2) is 5.69. The van der Waals surface area contributed by atoms with Crippen LogP contribution in [0.2, 0.25) is 0 Å². The summed E-state index contributed by atoms with van der Waals surface area (Å²) in [5, 5.41) is 9.28. The van der Waals surface area contributed by atoms with E-state index in [0.29, 0.717) is 0 Å². The average molecular weight is 145 g/mol. The molecule has 1 unspecified atom stereocenters. The lowest BCUT2D eigenvalue weighted by molar-refractivity contribution is 0.0314. The van der Waals surface area contributed by atoms with Crippen molar-refractivity contribution in [3.8, 4) is 0 Å². The number of aliphatic hydroxyl groups is 1. The molecule has 0 saturated heterocycles. The van der Waals surface area contributed by atoms with Crippen molar-refractivity contribution < 1.29 is 5.11 Å². The summed E-state index contributed by atoms with van der Waals surface area (Å²) in [6.07, 6.45) is 4.24. The molecule has 2 heteroatoms. The van der Waals surface area contributed by atoms with E-state index in [1.54, 1.807) is 0 Å². The molecule has 0 spiro atoms. The van der Waals surface area contributed by atoms with Crippen molar-refractivity contribution in [2.45, 2.75) is 38.8 Å². The summed E-state index contributed by atoms with van der Waals surface area (Å²) in [4.78, 5) is 1.84. The van der Waals surface area contributed by atoms with Gasteiger partial charge in [-0.05, 0) is 26.9 Å². The van der Waals surface area contributed by atoms with Gasteiger partial charge in [0.05, 0.1) is 0 Å². The van der Waals surface area contributed by atoms with Gasteiger partial charge in [-0.3, -0.25) is 4.90 Å². The molecule has 0 rings (SSSR count). The minimum atomic E-state index is -0.244. The molecular formula is C8H19NO. The normalized spacial score (nSPS) is 14.1.